The van der Waals surface area contributed by atoms with Crippen molar-refractivity contribution in [2.45, 2.75) is 19.8 Å². The highest BCUT2D eigenvalue weighted by atomic mass is 35.5. The zero-order valence-corrected chi connectivity index (χ0v) is 12.7. The zero-order valence-electron chi connectivity index (χ0n) is 11.1. The number of halogens is 1. The highest BCUT2D eigenvalue weighted by Gasteiger charge is 2.23. The van der Waals surface area contributed by atoms with Gasteiger partial charge in [0.1, 0.15) is 9.88 Å². The standard InChI is InChI=1S/C15H15ClN2OS/c1-9-13(14(19)17-8-10-2-3-10)20-15(18-9)11-4-6-12(16)7-5-11/h4-7,10H,2-3,8H2,1H3,(H,17,19). The maximum Gasteiger partial charge on any atom is 0.263 e. The van der Waals surface area contributed by atoms with Crippen LogP contribution in [0.4, 0.5) is 0 Å². The highest BCUT2D eigenvalue weighted by molar-refractivity contribution is 7.17. The van der Waals surface area contributed by atoms with E-state index in [1.165, 1.54) is 24.2 Å². The predicted molar refractivity (Wildman–Crippen MR) is 82.4 cm³/mol. The average Bonchev–Trinajstić information content (AvgIpc) is 3.19. The summed E-state index contributed by atoms with van der Waals surface area (Å²) in [5.74, 6) is 0.676. The number of aryl methyl sites for hydroxylation is 1. The van der Waals surface area contributed by atoms with Crippen molar-refractivity contribution < 1.29 is 4.79 Å². The second kappa shape index (κ2) is 5.54. The quantitative estimate of drug-likeness (QED) is 0.930. The molecule has 5 heteroatoms. The van der Waals surface area contributed by atoms with E-state index < -0.39 is 0 Å². The Morgan fingerprint density at radius 1 is 1.40 bits per heavy atom. The van der Waals surface area contributed by atoms with Crippen molar-refractivity contribution in [1.82, 2.24) is 10.3 Å². The molecular formula is C15H15ClN2OS. The molecule has 1 amide bonds. The van der Waals surface area contributed by atoms with Crippen LogP contribution in [0, 0.1) is 12.8 Å². The van der Waals surface area contributed by atoms with Gasteiger partial charge in [-0.1, -0.05) is 23.7 Å². The third-order valence-electron chi connectivity index (χ3n) is 3.34. The fraction of sp³-hybridized carbons (Fsp3) is 0.333. The number of hydrogen-bond acceptors (Lipinski definition) is 3. The van der Waals surface area contributed by atoms with Crippen LogP contribution in [0.1, 0.15) is 28.2 Å². The Balaban J connectivity index is 1.78. The first-order valence-electron chi connectivity index (χ1n) is 6.65. The van der Waals surface area contributed by atoms with Gasteiger partial charge in [-0.25, -0.2) is 4.98 Å². The van der Waals surface area contributed by atoms with Crippen LogP contribution in [0.2, 0.25) is 5.02 Å². The average molecular weight is 307 g/mol. The van der Waals surface area contributed by atoms with Crippen LogP contribution in [0.5, 0.6) is 0 Å². The van der Waals surface area contributed by atoms with E-state index in [4.69, 9.17) is 11.6 Å². The minimum absolute atomic E-state index is 0.00730. The van der Waals surface area contributed by atoms with E-state index in [9.17, 15) is 4.79 Å². The van der Waals surface area contributed by atoms with Gasteiger partial charge in [-0.2, -0.15) is 0 Å². The summed E-state index contributed by atoms with van der Waals surface area (Å²) in [6, 6.07) is 7.51. The minimum atomic E-state index is -0.00730. The molecule has 1 saturated carbocycles. The van der Waals surface area contributed by atoms with Gasteiger partial charge in [-0.15, -0.1) is 11.3 Å². The molecule has 0 spiro atoms. The monoisotopic (exact) mass is 306 g/mol. The predicted octanol–water partition coefficient (Wildman–Crippen LogP) is 3.91. The molecule has 0 saturated heterocycles. The maximum absolute atomic E-state index is 12.1. The maximum atomic E-state index is 12.1. The van der Waals surface area contributed by atoms with Gasteiger partial charge in [-0.05, 0) is 37.8 Å². The summed E-state index contributed by atoms with van der Waals surface area (Å²) in [6.45, 7) is 2.66. The Morgan fingerprint density at radius 3 is 2.75 bits per heavy atom. The zero-order chi connectivity index (χ0) is 14.1. The normalized spacial score (nSPS) is 14.3. The first-order valence-corrected chi connectivity index (χ1v) is 7.84. The number of nitrogens with zero attached hydrogens (tertiary/aromatic N) is 1. The second-order valence-electron chi connectivity index (χ2n) is 5.09. The van der Waals surface area contributed by atoms with Crippen LogP contribution >= 0.6 is 22.9 Å². The fourth-order valence-corrected chi connectivity index (χ4v) is 3.08. The van der Waals surface area contributed by atoms with Crippen LogP contribution < -0.4 is 5.32 Å². The van der Waals surface area contributed by atoms with Crippen molar-refractivity contribution in [3.8, 4) is 10.6 Å². The van der Waals surface area contributed by atoms with Crippen molar-refractivity contribution in [3.63, 3.8) is 0 Å². The van der Waals surface area contributed by atoms with Gasteiger partial charge in [0, 0.05) is 17.1 Å². The second-order valence-corrected chi connectivity index (χ2v) is 6.53. The van der Waals surface area contributed by atoms with Gasteiger partial charge in [0.05, 0.1) is 5.69 Å². The number of aromatic nitrogens is 1. The molecule has 0 radical (unpaired) electrons. The van der Waals surface area contributed by atoms with E-state index >= 15 is 0 Å². The first kappa shape index (κ1) is 13.6. The molecule has 20 heavy (non-hydrogen) atoms. The van der Waals surface area contributed by atoms with Gasteiger partial charge in [0.2, 0.25) is 0 Å². The molecule has 104 valence electrons. The van der Waals surface area contributed by atoms with E-state index in [1.807, 2.05) is 31.2 Å². The van der Waals surface area contributed by atoms with Crippen LogP contribution in [-0.2, 0) is 0 Å². The Bertz CT molecular complexity index is 632. The summed E-state index contributed by atoms with van der Waals surface area (Å²) in [5.41, 5.74) is 1.77. The number of carbonyl (C=O) groups excluding carboxylic acids is 1. The third-order valence-corrected chi connectivity index (χ3v) is 4.80. The smallest absolute Gasteiger partial charge is 0.263 e. The van der Waals surface area contributed by atoms with Gasteiger partial charge < -0.3 is 5.32 Å². The van der Waals surface area contributed by atoms with Gasteiger partial charge in [-0.3, -0.25) is 4.79 Å². The van der Waals surface area contributed by atoms with Crippen molar-refractivity contribution in [3.05, 3.63) is 39.9 Å². The summed E-state index contributed by atoms with van der Waals surface area (Å²) in [5, 5.41) is 4.54. The molecule has 1 aromatic carbocycles. The van der Waals surface area contributed by atoms with Gasteiger partial charge in [0.15, 0.2) is 0 Å². The molecule has 0 atom stereocenters. The number of rotatable bonds is 4. The van der Waals surface area contributed by atoms with Crippen molar-refractivity contribution in [2.75, 3.05) is 6.54 Å². The van der Waals surface area contributed by atoms with Crippen LogP contribution in [0.3, 0.4) is 0 Å². The van der Waals surface area contributed by atoms with E-state index in [2.05, 4.69) is 10.3 Å². The number of carbonyl (C=O) groups is 1. The SMILES string of the molecule is Cc1nc(-c2ccc(Cl)cc2)sc1C(=O)NCC1CC1. The molecule has 1 N–H and O–H groups in total. The topological polar surface area (TPSA) is 42.0 Å². The Hall–Kier alpha value is -1.39. The van der Waals surface area contributed by atoms with Crippen LogP contribution in [0.25, 0.3) is 10.6 Å². The molecule has 3 nitrogen and oxygen atoms in total. The van der Waals surface area contributed by atoms with E-state index in [0.29, 0.717) is 15.8 Å². The Kier molecular flexibility index (Phi) is 3.76. The van der Waals surface area contributed by atoms with Crippen LogP contribution in [0.15, 0.2) is 24.3 Å². The molecule has 1 fully saturated rings. The van der Waals surface area contributed by atoms with E-state index in [-0.39, 0.29) is 5.91 Å². The molecular weight excluding hydrogens is 292 g/mol. The van der Waals surface area contributed by atoms with Crippen molar-refractivity contribution in [2.24, 2.45) is 5.92 Å². The summed E-state index contributed by atoms with van der Waals surface area (Å²) in [7, 11) is 0. The minimum Gasteiger partial charge on any atom is -0.351 e. The number of benzene rings is 1. The Labute approximate surface area is 127 Å². The lowest BCUT2D eigenvalue weighted by atomic mass is 10.2. The fourth-order valence-electron chi connectivity index (χ4n) is 1.96. The van der Waals surface area contributed by atoms with Gasteiger partial charge in [0.25, 0.3) is 5.91 Å². The first-order chi connectivity index (χ1) is 9.63. The number of amides is 1. The highest BCUT2D eigenvalue weighted by Crippen LogP contribution is 2.30. The molecule has 0 bridgehead atoms. The molecule has 1 aliphatic rings. The molecule has 1 aromatic heterocycles. The van der Waals surface area contributed by atoms with E-state index in [0.717, 1.165) is 22.8 Å². The molecule has 0 aliphatic heterocycles. The van der Waals surface area contributed by atoms with E-state index in [1.54, 1.807) is 0 Å². The molecule has 1 heterocycles. The summed E-state index contributed by atoms with van der Waals surface area (Å²) < 4.78 is 0. The lowest BCUT2D eigenvalue weighted by Gasteiger charge is -2.01. The van der Waals surface area contributed by atoms with Crippen molar-refractivity contribution >= 4 is 28.8 Å². The van der Waals surface area contributed by atoms with Gasteiger partial charge >= 0.3 is 0 Å². The summed E-state index contributed by atoms with van der Waals surface area (Å²) in [6.07, 6.45) is 2.47. The molecule has 2 aromatic rings. The molecule has 0 unspecified atom stereocenters. The lowest BCUT2D eigenvalue weighted by molar-refractivity contribution is 0.0955. The number of thiazole rings is 1. The third kappa shape index (κ3) is 3.02. The van der Waals surface area contributed by atoms with Crippen molar-refractivity contribution in [1.29, 1.82) is 0 Å². The number of hydrogen-bond donors (Lipinski definition) is 1. The number of nitrogens with one attached hydrogen (secondary N) is 1. The summed E-state index contributed by atoms with van der Waals surface area (Å²) in [4.78, 5) is 17.3. The molecule has 3 rings (SSSR count). The molecule has 1 aliphatic carbocycles. The van der Waals surface area contributed by atoms with Crippen LogP contribution in [-0.4, -0.2) is 17.4 Å². The Morgan fingerprint density at radius 2 is 2.10 bits per heavy atom. The summed E-state index contributed by atoms with van der Waals surface area (Å²) >= 11 is 7.31. The largest absolute Gasteiger partial charge is 0.351 e. The lowest BCUT2D eigenvalue weighted by Crippen LogP contribution is -2.25.